The first-order valence-electron chi connectivity index (χ1n) is 28.6. The fourth-order valence-corrected chi connectivity index (χ4v) is 12.4. The summed E-state index contributed by atoms with van der Waals surface area (Å²) in [5, 5.41) is 45.1. The Labute approximate surface area is 505 Å². The summed E-state index contributed by atoms with van der Waals surface area (Å²) in [6, 6.07) is 94.0. The molecule has 11 aromatic carbocycles. The first-order valence-corrected chi connectivity index (χ1v) is 28.6. The van der Waals surface area contributed by atoms with E-state index in [-0.39, 0.29) is 0 Å². The van der Waals surface area contributed by atoms with Gasteiger partial charge in [0.2, 0.25) is 0 Å². The lowest BCUT2D eigenvalue weighted by molar-refractivity contribution is 1.07. The quantitative estimate of drug-likeness (QED) is 0.131. The number of rotatable bonds is 10. The van der Waals surface area contributed by atoms with Crippen molar-refractivity contribution in [2.24, 2.45) is 0 Å². The lowest BCUT2D eigenvalue weighted by Crippen LogP contribution is -2.04. The van der Waals surface area contributed by atoms with E-state index in [1.807, 2.05) is 176 Å². The van der Waals surface area contributed by atoms with Gasteiger partial charge in [-0.2, -0.15) is 21.0 Å². The van der Waals surface area contributed by atoms with Gasteiger partial charge in [0, 0.05) is 61.9 Å². The summed E-state index contributed by atoms with van der Waals surface area (Å²) in [4.78, 5) is 20.7. The molecule has 0 spiro atoms. The molecule has 0 saturated carbocycles. The van der Waals surface area contributed by atoms with Crippen molar-refractivity contribution >= 4 is 43.6 Å². The molecule has 4 aromatic heterocycles. The third-order valence-corrected chi connectivity index (χ3v) is 16.5. The molecule has 0 saturated heterocycles. The van der Waals surface area contributed by atoms with Crippen molar-refractivity contribution in [3.63, 3.8) is 0 Å². The van der Waals surface area contributed by atoms with Crippen LogP contribution in [-0.2, 0) is 0 Å². The van der Waals surface area contributed by atoms with Crippen molar-refractivity contribution in [2.75, 3.05) is 0 Å². The van der Waals surface area contributed by atoms with Gasteiger partial charge in [-0.05, 0) is 147 Å². The number of hydrogen-bond acceptors (Lipinski definition) is 8. The highest BCUT2D eigenvalue weighted by Gasteiger charge is 2.25. The zero-order valence-electron chi connectivity index (χ0n) is 46.9. The summed E-state index contributed by atoms with van der Waals surface area (Å²) >= 11 is 0. The maximum atomic E-state index is 10.3. The highest BCUT2D eigenvalue weighted by Crippen LogP contribution is 2.45. The SMILES string of the molecule is N#Cc1ccccc1-c1ccc2c(c1)c1cc(-c3ccccc3C#N)ccc1n2-c1ccc(-c2nc(-c3ccccc3)nc(-c3ccccc3)n2)c(-c2cnccc2-n2c3ccc(-c4ccccc4C#N)cc3c3cc(-c4ccccc4C#N)ccc32)c1. The van der Waals surface area contributed by atoms with Crippen LogP contribution in [0.1, 0.15) is 22.3 Å². The highest BCUT2D eigenvalue weighted by molar-refractivity contribution is 6.14. The van der Waals surface area contributed by atoms with E-state index in [1.54, 1.807) is 0 Å². The molecule has 0 N–H and O–H groups in total. The van der Waals surface area contributed by atoms with Gasteiger partial charge in [0.15, 0.2) is 17.5 Å². The average Bonchev–Trinajstić information content (AvgIpc) is 1.70. The van der Waals surface area contributed by atoms with Crippen LogP contribution in [0.4, 0.5) is 0 Å². The van der Waals surface area contributed by atoms with Gasteiger partial charge < -0.3 is 9.13 Å². The van der Waals surface area contributed by atoms with Crippen molar-refractivity contribution in [1.29, 1.82) is 21.0 Å². The second-order valence-electron chi connectivity index (χ2n) is 21.4. The van der Waals surface area contributed by atoms with Crippen LogP contribution in [-0.4, -0.2) is 29.1 Å². The molecular formula is C78H44N10. The summed E-state index contributed by atoms with van der Waals surface area (Å²) in [5.41, 5.74) is 18.5. The molecule has 0 aliphatic carbocycles. The molecule has 406 valence electrons. The number of fused-ring (bicyclic) bond motifs is 6. The van der Waals surface area contributed by atoms with Crippen LogP contribution in [0.2, 0.25) is 0 Å². The molecule has 0 aliphatic rings. The van der Waals surface area contributed by atoms with E-state index in [9.17, 15) is 21.0 Å². The first kappa shape index (κ1) is 52.0. The van der Waals surface area contributed by atoms with Gasteiger partial charge in [-0.3, -0.25) is 4.98 Å². The minimum Gasteiger partial charge on any atom is -0.309 e. The summed E-state index contributed by atoms with van der Waals surface area (Å²) in [5.74, 6) is 1.48. The maximum absolute atomic E-state index is 10.3. The number of nitriles is 4. The van der Waals surface area contributed by atoms with Gasteiger partial charge in [0.1, 0.15) is 0 Å². The van der Waals surface area contributed by atoms with Gasteiger partial charge in [0.05, 0.1) is 74.3 Å². The standard InChI is InChI=1S/C78H44N10/c79-44-55-19-7-11-23-60(55)51-27-33-71-66(39-51)67-40-52(61-24-12-8-20-56(61)45-80)28-34-72(67)87(71)59-31-32-64(78-85-76(49-15-3-1-4-16-49)84-77(86-78)50-17-5-2-6-18-50)65(43-59)70-48-83-38-37-75(70)88-73-35-29-53(62-25-13-9-21-57(62)46-81)41-68(73)69-42-54(30-36-74(69)88)63-26-14-10-22-58(63)47-82/h1-43,48H. The van der Waals surface area contributed by atoms with Crippen molar-refractivity contribution < 1.29 is 0 Å². The van der Waals surface area contributed by atoms with Crippen molar-refractivity contribution in [1.82, 2.24) is 29.1 Å². The van der Waals surface area contributed by atoms with Crippen LogP contribution >= 0.6 is 0 Å². The van der Waals surface area contributed by atoms with Gasteiger partial charge in [0.25, 0.3) is 0 Å². The van der Waals surface area contributed by atoms with Gasteiger partial charge in [-0.15, -0.1) is 0 Å². The summed E-state index contributed by atoms with van der Waals surface area (Å²) in [6.45, 7) is 0. The van der Waals surface area contributed by atoms with Gasteiger partial charge in [-0.1, -0.05) is 158 Å². The fourth-order valence-electron chi connectivity index (χ4n) is 12.4. The molecule has 0 amide bonds. The first-order chi connectivity index (χ1) is 43.5. The molecule has 0 aliphatic heterocycles. The van der Waals surface area contributed by atoms with Crippen LogP contribution in [0.5, 0.6) is 0 Å². The molecule has 88 heavy (non-hydrogen) atoms. The monoisotopic (exact) mass is 1120 g/mol. The zero-order valence-corrected chi connectivity index (χ0v) is 46.9. The number of benzene rings is 11. The average molecular weight is 1120 g/mol. The lowest BCUT2D eigenvalue weighted by Gasteiger charge is -2.19. The maximum Gasteiger partial charge on any atom is 0.164 e. The largest absolute Gasteiger partial charge is 0.309 e. The number of nitrogens with zero attached hydrogens (tertiary/aromatic N) is 10. The minimum atomic E-state index is 0.455. The van der Waals surface area contributed by atoms with Gasteiger partial charge >= 0.3 is 0 Å². The molecule has 10 heteroatoms. The number of pyridine rings is 1. The van der Waals surface area contributed by atoms with E-state index in [1.165, 1.54) is 0 Å². The van der Waals surface area contributed by atoms with Gasteiger partial charge in [-0.25, -0.2) is 15.0 Å². The molecule has 4 heterocycles. The Morgan fingerprint density at radius 1 is 0.273 bits per heavy atom. The van der Waals surface area contributed by atoms with Crippen molar-refractivity contribution in [3.8, 4) is 125 Å². The Morgan fingerprint density at radius 3 is 1.03 bits per heavy atom. The number of hydrogen-bond donors (Lipinski definition) is 0. The second kappa shape index (κ2) is 21.7. The molecule has 0 unspecified atom stereocenters. The highest BCUT2D eigenvalue weighted by atomic mass is 15.0. The van der Waals surface area contributed by atoms with E-state index in [4.69, 9.17) is 19.9 Å². The summed E-state index contributed by atoms with van der Waals surface area (Å²) < 4.78 is 4.55. The normalized spacial score (nSPS) is 11.1. The zero-order chi connectivity index (χ0) is 59.2. The van der Waals surface area contributed by atoms with Crippen LogP contribution in [0.3, 0.4) is 0 Å². The molecular weight excluding hydrogens is 1080 g/mol. The fraction of sp³-hybridized carbons (Fsp3) is 0. The summed E-state index contributed by atoms with van der Waals surface area (Å²) in [7, 11) is 0. The predicted molar refractivity (Wildman–Crippen MR) is 349 cm³/mol. The van der Waals surface area contributed by atoms with E-state index in [2.05, 4.69) is 124 Å². The molecule has 0 fully saturated rings. The Kier molecular flexibility index (Phi) is 12.8. The Balaban J connectivity index is 1.02. The number of aromatic nitrogens is 6. The topological polar surface area (TPSA) is 157 Å². The van der Waals surface area contributed by atoms with Crippen molar-refractivity contribution in [3.05, 3.63) is 289 Å². The molecule has 15 aromatic rings. The second-order valence-corrected chi connectivity index (χ2v) is 21.4. The van der Waals surface area contributed by atoms with E-state index < -0.39 is 0 Å². The molecule has 0 atom stereocenters. The van der Waals surface area contributed by atoms with Crippen LogP contribution in [0, 0.1) is 45.3 Å². The molecule has 0 bridgehead atoms. The van der Waals surface area contributed by atoms with E-state index in [0.717, 1.165) is 127 Å². The Hall–Kier alpha value is -12.9. The lowest BCUT2D eigenvalue weighted by atomic mass is 9.96. The predicted octanol–water partition coefficient (Wildman–Crippen LogP) is 18.3. The Morgan fingerprint density at radius 2 is 0.636 bits per heavy atom. The van der Waals surface area contributed by atoms with Crippen LogP contribution < -0.4 is 0 Å². The third kappa shape index (κ3) is 8.87. The molecule has 15 rings (SSSR count). The Bertz CT molecular complexity index is 5230. The smallest absolute Gasteiger partial charge is 0.164 e. The van der Waals surface area contributed by atoms with E-state index >= 15 is 0 Å². The van der Waals surface area contributed by atoms with Crippen LogP contribution in [0.25, 0.3) is 145 Å². The van der Waals surface area contributed by atoms with E-state index in [0.29, 0.717) is 39.7 Å². The molecule has 0 radical (unpaired) electrons. The van der Waals surface area contributed by atoms with Crippen LogP contribution in [0.15, 0.2) is 267 Å². The third-order valence-electron chi connectivity index (χ3n) is 16.5. The van der Waals surface area contributed by atoms with Crippen molar-refractivity contribution in [2.45, 2.75) is 0 Å². The summed E-state index contributed by atoms with van der Waals surface area (Å²) in [6.07, 6.45) is 3.72. The minimum absolute atomic E-state index is 0.455. The molecule has 10 nitrogen and oxygen atoms in total.